The first kappa shape index (κ1) is 24.2. The van der Waals surface area contributed by atoms with Crippen LogP contribution in [0.25, 0.3) is 11.2 Å². The first-order chi connectivity index (χ1) is 16.9. The molecule has 5 atom stereocenters. The summed E-state index contributed by atoms with van der Waals surface area (Å²) in [4.78, 5) is 50.3. The smallest absolute Gasteiger partial charge is 0.365 e. The summed E-state index contributed by atoms with van der Waals surface area (Å²) in [5.41, 5.74) is 0.433. The zero-order valence-electron chi connectivity index (χ0n) is 17.5. The molecule has 0 spiro atoms. The van der Waals surface area contributed by atoms with Crippen molar-refractivity contribution in [1.82, 2.24) is 24.5 Å². The van der Waals surface area contributed by atoms with Gasteiger partial charge in [-0.3, -0.25) is 4.57 Å². The number of carboxylic acid groups (broad SMARTS) is 3. The fourth-order valence-electron chi connectivity index (χ4n) is 4.07. The molecule has 2 fully saturated rings. The summed E-state index contributed by atoms with van der Waals surface area (Å²) in [6.07, 6.45) is -5.58. The number of aromatic carboxylic acids is 1. The highest BCUT2D eigenvalue weighted by atomic mass is 35.5. The van der Waals surface area contributed by atoms with Gasteiger partial charge < -0.3 is 35.6 Å². The Bertz CT molecular complexity index is 1420. The van der Waals surface area contributed by atoms with Crippen molar-refractivity contribution in [3.05, 3.63) is 27.7 Å². The minimum Gasteiger partial charge on any atom is -0.479 e. The van der Waals surface area contributed by atoms with Gasteiger partial charge in [0.05, 0.1) is 6.33 Å². The summed E-state index contributed by atoms with van der Waals surface area (Å²) in [7, 11) is 0. The van der Waals surface area contributed by atoms with Crippen LogP contribution in [0.15, 0.2) is 12.5 Å². The lowest BCUT2D eigenvalue weighted by Crippen LogP contribution is -2.53. The molecular weight excluding hydrogens is 531 g/mol. The number of nitrogen functional groups attached to an aromatic ring is 1. The average Bonchev–Trinajstić information content (AvgIpc) is 3.24. The number of hydrogen-bond donors (Lipinski definition) is 5. The third-order valence-corrected chi connectivity index (χ3v) is 7.08. The Labute approximate surface area is 206 Å². The number of carboxylic acids is 3. The molecular formula is C18H14ClFN6O9S. The highest BCUT2D eigenvalue weighted by Gasteiger charge is 2.80. The largest absolute Gasteiger partial charge is 0.479 e. The lowest BCUT2D eigenvalue weighted by Gasteiger charge is -2.28. The molecule has 4 heterocycles. The van der Waals surface area contributed by atoms with E-state index in [0.717, 1.165) is 17.1 Å². The predicted octanol–water partition coefficient (Wildman–Crippen LogP) is -0.267. The van der Waals surface area contributed by atoms with Gasteiger partial charge in [-0.2, -0.15) is 9.97 Å². The molecule has 190 valence electrons. The molecule has 0 amide bonds. The van der Waals surface area contributed by atoms with Crippen LogP contribution in [-0.4, -0.2) is 92.4 Å². The van der Waals surface area contributed by atoms with E-state index in [2.05, 4.69) is 19.9 Å². The van der Waals surface area contributed by atoms with E-state index in [1.165, 1.54) is 0 Å². The molecule has 3 aromatic rings. The summed E-state index contributed by atoms with van der Waals surface area (Å²) >= 11 is 6.35. The molecule has 0 aromatic carbocycles. The van der Waals surface area contributed by atoms with Gasteiger partial charge in [-0.05, 0) is 11.6 Å². The molecule has 1 aliphatic carbocycles. The summed E-state index contributed by atoms with van der Waals surface area (Å²) in [5.74, 6) is -5.38. The van der Waals surface area contributed by atoms with E-state index >= 15 is 4.39 Å². The highest BCUT2D eigenvalue weighted by molar-refractivity contribution is 7.13. The van der Waals surface area contributed by atoms with E-state index in [0.29, 0.717) is 11.3 Å². The number of hydrogen-bond acceptors (Lipinski definition) is 12. The lowest BCUT2D eigenvalue weighted by molar-refractivity contribution is -0.194. The molecule has 18 heteroatoms. The molecule has 0 bridgehead atoms. The van der Waals surface area contributed by atoms with E-state index in [1.807, 2.05) is 0 Å². The Morgan fingerprint density at radius 3 is 2.53 bits per heavy atom. The SMILES string of the molecule is Nc1nc(Cl)nc2c1ncn2[C@@H]1O[C@@H]2[C@H](OC(Cc3cnc(C(=O)O)s3)(C(=O)O)C(=O)O)[C@]2(O)[C@@H]1F. The third-order valence-electron chi connectivity index (χ3n) is 5.93. The van der Waals surface area contributed by atoms with Crippen molar-refractivity contribution in [3.8, 4) is 0 Å². The van der Waals surface area contributed by atoms with Crippen LogP contribution >= 0.6 is 22.9 Å². The van der Waals surface area contributed by atoms with Gasteiger partial charge in [0.25, 0.3) is 5.60 Å². The van der Waals surface area contributed by atoms with E-state index in [-0.39, 0.29) is 27.1 Å². The number of anilines is 1. The number of fused-ring (bicyclic) bond motifs is 2. The molecule has 0 radical (unpaired) electrons. The van der Waals surface area contributed by atoms with Crippen LogP contribution in [0.5, 0.6) is 0 Å². The molecule has 5 rings (SSSR count). The van der Waals surface area contributed by atoms with Crippen molar-refractivity contribution in [2.75, 3.05) is 5.73 Å². The van der Waals surface area contributed by atoms with Gasteiger partial charge in [-0.1, -0.05) is 0 Å². The van der Waals surface area contributed by atoms with Gasteiger partial charge in [0, 0.05) is 17.5 Å². The van der Waals surface area contributed by atoms with Crippen molar-refractivity contribution in [1.29, 1.82) is 0 Å². The Hall–Kier alpha value is -3.51. The van der Waals surface area contributed by atoms with Crippen LogP contribution in [0.2, 0.25) is 5.28 Å². The average molecular weight is 545 g/mol. The van der Waals surface area contributed by atoms with Gasteiger partial charge in [-0.25, -0.2) is 28.7 Å². The number of aliphatic hydroxyl groups is 1. The highest BCUT2D eigenvalue weighted by Crippen LogP contribution is 2.58. The number of nitrogens with two attached hydrogens (primary N) is 1. The quantitative estimate of drug-likeness (QED) is 0.181. The fraction of sp³-hybridized carbons (Fsp3) is 0.389. The topological polar surface area (TPSA) is 233 Å². The molecule has 36 heavy (non-hydrogen) atoms. The van der Waals surface area contributed by atoms with Crippen molar-refractivity contribution >= 4 is 57.8 Å². The second kappa shape index (κ2) is 8.00. The van der Waals surface area contributed by atoms with Crippen molar-refractivity contribution < 1.29 is 48.7 Å². The van der Waals surface area contributed by atoms with E-state index in [4.69, 9.17) is 31.9 Å². The van der Waals surface area contributed by atoms with Gasteiger partial charge in [0.2, 0.25) is 10.3 Å². The molecule has 0 unspecified atom stereocenters. The van der Waals surface area contributed by atoms with E-state index < -0.39 is 65.1 Å². The number of aromatic nitrogens is 5. The number of thiazole rings is 1. The zero-order chi connectivity index (χ0) is 26.2. The standard InChI is InChI=1S/C18H14ClFN6O9S/c19-16-24-9(21)5-10(25-16)26(3-23-5)12-6(20)18(33)7(34-12)8(18)35-17(14(29)30,15(31)32)1-4-2-22-11(36-4)13(27)28/h2-3,6-8,12,33H,1H2,(H,27,28)(H,29,30)(H,31,32)(H2,21,24,25)/t6-,7-,8+,12-,18+/m1/s1. The van der Waals surface area contributed by atoms with Crippen LogP contribution in [-0.2, 0) is 25.5 Å². The molecule has 1 saturated heterocycles. The first-order valence-electron chi connectivity index (χ1n) is 9.90. The summed E-state index contributed by atoms with van der Waals surface area (Å²) < 4.78 is 27.4. The third kappa shape index (κ3) is 3.39. The molecule has 1 saturated carbocycles. The Morgan fingerprint density at radius 1 is 1.28 bits per heavy atom. The second-order valence-corrected chi connectivity index (χ2v) is 9.48. The normalized spacial score (nSPS) is 27.2. The maximum absolute atomic E-state index is 15.5. The number of nitrogens with zero attached hydrogens (tertiary/aromatic N) is 5. The Kier molecular flexibility index (Phi) is 5.38. The zero-order valence-corrected chi connectivity index (χ0v) is 19.1. The number of carbonyl (C=O) groups is 3. The summed E-state index contributed by atoms with van der Waals surface area (Å²) in [5, 5.41) is 38.7. The van der Waals surface area contributed by atoms with E-state index in [9.17, 15) is 29.7 Å². The van der Waals surface area contributed by atoms with Gasteiger partial charge in [0.1, 0.15) is 17.7 Å². The molecule has 6 N–H and O–H groups in total. The molecule has 3 aromatic heterocycles. The van der Waals surface area contributed by atoms with Crippen LogP contribution in [0.4, 0.5) is 10.2 Å². The second-order valence-electron chi connectivity index (χ2n) is 8.03. The minimum atomic E-state index is -3.00. The minimum absolute atomic E-state index is 0.00682. The lowest BCUT2D eigenvalue weighted by atomic mass is 9.98. The number of imidazole rings is 1. The Balaban J connectivity index is 1.41. The van der Waals surface area contributed by atoms with Crippen molar-refractivity contribution in [2.45, 2.75) is 42.2 Å². The molecule has 2 aliphatic rings. The van der Waals surface area contributed by atoms with Crippen LogP contribution in [0, 0.1) is 0 Å². The van der Waals surface area contributed by atoms with Crippen molar-refractivity contribution in [2.24, 2.45) is 0 Å². The Morgan fingerprint density at radius 2 is 1.97 bits per heavy atom. The van der Waals surface area contributed by atoms with Gasteiger partial charge in [0.15, 0.2) is 29.5 Å². The predicted molar refractivity (Wildman–Crippen MR) is 114 cm³/mol. The van der Waals surface area contributed by atoms with Crippen LogP contribution in [0.1, 0.15) is 20.9 Å². The number of halogens is 2. The van der Waals surface area contributed by atoms with Gasteiger partial charge >= 0.3 is 17.9 Å². The monoisotopic (exact) mass is 544 g/mol. The number of rotatable bonds is 8. The summed E-state index contributed by atoms with van der Waals surface area (Å²) in [6, 6.07) is 0. The maximum Gasteiger partial charge on any atom is 0.365 e. The van der Waals surface area contributed by atoms with E-state index in [1.54, 1.807) is 0 Å². The summed E-state index contributed by atoms with van der Waals surface area (Å²) in [6.45, 7) is 0. The van der Waals surface area contributed by atoms with Crippen molar-refractivity contribution in [3.63, 3.8) is 0 Å². The van der Waals surface area contributed by atoms with Crippen LogP contribution < -0.4 is 5.73 Å². The number of ether oxygens (including phenoxy) is 2. The molecule has 1 aliphatic heterocycles. The van der Waals surface area contributed by atoms with Gasteiger partial charge in [-0.15, -0.1) is 11.3 Å². The fourth-order valence-corrected chi connectivity index (χ4v) is 5.06. The number of alkyl halides is 1. The molecule has 15 nitrogen and oxygen atoms in total. The maximum atomic E-state index is 15.5. The van der Waals surface area contributed by atoms with Crippen LogP contribution in [0.3, 0.4) is 0 Å². The first-order valence-corrected chi connectivity index (χ1v) is 11.1. The number of aliphatic carboxylic acids is 2.